The molecule has 1 aromatic carbocycles. The number of amides is 2. The van der Waals surface area contributed by atoms with Gasteiger partial charge in [-0.2, -0.15) is 5.10 Å². The van der Waals surface area contributed by atoms with Gasteiger partial charge in [0.05, 0.1) is 16.3 Å². The molecular weight excluding hydrogens is 325 g/mol. The Morgan fingerprint density at radius 3 is 2.50 bits per heavy atom. The first-order valence-electron chi connectivity index (χ1n) is 7.16. The first kappa shape index (κ1) is 16.8. The van der Waals surface area contributed by atoms with E-state index in [0.717, 1.165) is 25.7 Å². The highest BCUT2D eigenvalue weighted by Crippen LogP contribution is 2.24. The third-order valence-electron chi connectivity index (χ3n) is 3.44. The van der Waals surface area contributed by atoms with Crippen molar-refractivity contribution in [3.8, 4) is 0 Å². The lowest BCUT2D eigenvalue weighted by atomic mass is 10.2. The molecule has 0 radical (unpaired) electrons. The van der Waals surface area contributed by atoms with E-state index in [-0.39, 0.29) is 0 Å². The van der Waals surface area contributed by atoms with Crippen LogP contribution in [0.15, 0.2) is 23.3 Å². The smallest absolute Gasteiger partial charge is 0.329 e. The summed E-state index contributed by atoms with van der Waals surface area (Å²) in [4.78, 5) is 25.4. The summed E-state index contributed by atoms with van der Waals surface area (Å²) in [7, 11) is 0. The molecule has 1 N–H and O–H groups in total. The summed E-state index contributed by atoms with van der Waals surface area (Å²) in [5.41, 5.74) is 2.80. The number of benzene rings is 1. The Balaban J connectivity index is 1.92. The summed E-state index contributed by atoms with van der Waals surface area (Å²) < 4.78 is 0. The van der Waals surface area contributed by atoms with Crippen molar-refractivity contribution in [2.75, 3.05) is 13.1 Å². The van der Waals surface area contributed by atoms with Gasteiger partial charge in [-0.15, -0.1) is 0 Å². The molecule has 5 nitrogen and oxygen atoms in total. The molecule has 1 fully saturated rings. The summed E-state index contributed by atoms with van der Waals surface area (Å²) in [6, 6.07) is 5.09. The maximum Gasteiger partial charge on any atom is 0.329 e. The Labute approximate surface area is 139 Å². The van der Waals surface area contributed by atoms with Gasteiger partial charge < -0.3 is 4.90 Å². The van der Waals surface area contributed by atoms with Gasteiger partial charge in [-0.1, -0.05) is 48.2 Å². The van der Waals surface area contributed by atoms with Crippen LogP contribution in [0, 0.1) is 0 Å². The van der Waals surface area contributed by atoms with Crippen molar-refractivity contribution in [1.29, 1.82) is 0 Å². The van der Waals surface area contributed by atoms with Crippen LogP contribution in [0.2, 0.25) is 10.0 Å². The van der Waals surface area contributed by atoms with Crippen LogP contribution >= 0.6 is 23.2 Å². The first-order chi connectivity index (χ1) is 10.6. The lowest BCUT2D eigenvalue weighted by molar-refractivity contribution is -0.145. The van der Waals surface area contributed by atoms with Gasteiger partial charge in [-0.05, 0) is 18.9 Å². The molecule has 1 saturated heterocycles. The van der Waals surface area contributed by atoms with Crippen molar-refractivity contribution in [2.45, 2.75) is 25.7 Å². The van der Waals surface area contributed by atoms with Crippen molar-refractivity contribution in [3.05, 3.63) is 33.8 Å². The highest BCUT2D eigenvalue weighted by atomic mass is 35.5. The molecule has 2 rings (SSSR count). The van der Waals surface area contributed by atoms with Crippen LogP contribution < -0.4 is 5.43 Å². The fraction of sp³-hybridized carbons (Fsp3) is 0.400. The summed E-state index contributed by atoms with van der Waals surface area (Å²) in [6.07, 6.45) is 5.41. The average Bonchev–Trinajstić information content (AvgIpc) is 2.79. The molecule has 1 aliphatic rings. The minimum absolute atomic E-state index is 0.348. The normalized spacial score (nSPS) is 15.6. The third-order valence-corrected chi connectivity index (χ3v) is 4.27. The van der Waals surface area contributed by atoms with Gasteiger partial charge >= 0.3 is 11.8 Å². The number of nitrogens with one attached hydrogen (secondary N) is 1. The molecule has 1 heterocycles. The van der Waals surface area contributed by atoms with Crippen molar-refractivity contribution < 1.29 is 9.59 Å². The minimum atomic E-state index is -0.740. The quantitative estimate of drug-likeness (QED) is 0.510. The predicted molar refractivity (Wildman–Crippen MR) is 87.2 cm³/mol. The Kier molecular flexibility index (Phi) is 6.21. The number of carbonyl (C=O) groups excluding carboxylic acids is 2. The summed E-state index contributed by atoms with van der Waals surface area (Å²) in [5, 5.41) is 4.52. The van der Waals surface area contributed by atoms with Gasteiger partial charge in [0.25, 0.3) is 0 Å². The molecule has 0 spiro atoms. The Hall–Kier alpha value is -1.59. The second-order valence-electron chi connectivity index (χ2n) is 5.05. The lowest BCUT2D eigenvalue weighted by Gasteiger charge is -2.18. The van der Waals surface area contributed by atoms with Crippen LogP contribution in [0.1, 0.15) is 31.2 Å². The average molecular weight is 342 g/mol. The zero-order valence-electron chi connectivity index (χ0n) is 12.0. The molecule has 1 aliphatic heterocycles. The number of halogens is 2. The molecule has 2 amide bonds. The molecule has 0 saturated carbocycles. The summed E-state index contributed by atoms with van der Waals surface area (Å²) in [6.45, 7) is 1.24. The highest BCUT2D eigenvalue weighted by Gasteiger charge is 2.22. The largest absolute Gasteiger partial charge is 0.334 e. The van der Waals surface area contributed by atoms with Crippen molar-refractivity contribution in [3.63, 3.8) is 0 Å². The second kappa shape index (κ2) is 8.15. The summed E-state index contributed by atoms with van der Waals surface area (Å²) >= 11 is 11.9. The van der Waals surface area contributed by atoms with Crippen LogP contribution in [-0.2, 0) is 9.59 Å². The Morgan fingerprint density at radius 1 is 1.14 bits per heavy atom. The number of rotatable bonds is 2. The fourth-order valence-corrected chi connectivity index (χ4v) is 2.60. The number of hydrogen-bond acceptors (Lipinski definition) is 3. The van der Waals surface area contributed by atoms with Crippen LogP contribution in [0.5, 0.6) is 0 Å². The van der Waals surface area contributed by atoms with E-state index in [0.29, 0.717) is 28.7 Å². The molecule has 1 aromatic rings. The monoisotopic (exact) mass is 341 g/mol. The van der Waals surface area contributed by atoms with Gasteiger partial charge in [-0.3, -0.25) is 9.59 Å². The Morgan fingerprint density at radius 2 is 1.82 bits per heavy atom. The fourth-order valence-electron chi connectivity index (χ4n) is 2.25. The number of nitrogens with zero attached hydrogens (tertiary/aromatic N) is 2. The zero-order valence-corrected chi connectivity index (χ0v) is 13.5. The van der Waals surface area contributed by atoms with Gasteiger partial charge in [-0.25, -0.2) is 5.43 Å². The lowest BCUT2D eigenvalue weighted by Crippen LogP contribution is -2.41. The maximum absolute atomic E-state index is 12.0. The van der Waals surface area contributed by atoms with Crippen LogP contribution in [0.3, 0.4) is 0 Å². The van der Waals surface area contributed by atoms with E-state index < -0.39 is 11.8 Å². The molecule has 0 atom stereocenters. The van der Waals surface area contributed by atoms with E-state index in [1.165, 1.54) is 6.21 Å². The maximum atomic E-state index is 12.0. The summed E-state index contributed by atoms with van der Waals surface area (Å²) in [5.74, 6) is -1.28. The molecular formula is C15H17Cl2N3O2. The van der Waals surface area contributed by atoms with Gasteiger partial charge in [0.15, 0.2) is 0 Å². The van der Waals surface area contributed by atoms with Gasteiger partial charge in [0.2, 0.25) is 0 Å². The van der Waals surface area contributed by atoms with E-state index in [1.54, 1.807) is 23.1 Å². The molecule has 7 heteroatoms. The van der Waals surface area contributed by atoms with E-state index in [1.807, 2.05) is 0 Å². The molecule has 118 valence electrons. The number of likely N-dealkylation sites (tertiary alicyclic amines) is 1. The van der Waals surface area contributed by atoms with Gasteiger partial charge in [0, 0.05) is 18.7 Å². The minimum Gasteiger partial charge on any atom is -0.334 e. The predicted octanol–water partition coefficient (Wildman–Crippen LogP) is 2.85. The zero-order chi connectivity index (χ0) is 15.9. The second-order valence-corrected chi connectivity index (χ2v) is 5.83. The number of carbonyl (C=O) groups is 2. The van der Waals surface area contributed by atoms with E-state index in [9.17, 15) is 9.59 Å². The third kappa shape index (κ3) is 4.45. The van der Waals surface area contributed by atoms with Gasteiger partial charge in [0.1, 0.15) is 0 Å². The molecule has 0 bridgehead atoms. The number of hydrazone groups is 1. The SMILES string of the molecule is O=C(N/N=C\c1cccc(Cl)c1Cl)C(=O)N1CCCCCC1. The molecule has 22 heavy (non-hydrogen) atoms. The topological polar surface area (TPSA) is 61.8 Å². The molecule has 0 unspecified atom stereocenters. The number of hydrogen-bond donors (Lipinski definition) is 1. The van der Waals surface area contributed by atoms with E-state index >= 15 is 0 Å². The van der Waals surface area contributed by atoms with E-state index in [4.69, 9.17) is 23.2 Å². The van der Waals surface area contributed by atoms with Crippen molar-refractivity contribution >= 4 is 41.2 Å². The van der Waals surface area contributed by atoms with Crippen LogP contribution in [0.4, 0.5) is 0 Å². The molecule has 0 aromatic heterocycles. The van der Waals surface area contributed by atoms with Crippen LogP contribution in [-0.4, -0.2) is 36.0 Å². The van der Waals surface area contributed by atoms with E-state index in [2.05, 4.69) is 10.5 Å². The van der Waals surface area contributed by atoms with Crippen molar-refractivity contribution in [1.82, 2.24) is 10.3 Å². The van der Waals surface area contributed by atoms with Crippen LogP contribution in [0.25, 0.3) is 0 Å². The van der Waals surface area contributed by atoms with Crippen molar-refractivity contribution in [2.24, 2.45) is 5.10 Å². The molecule has 0 aliphatic carbocycles. The highest BCUT2D eigenvalue weighted by molar-refractivity contribution is 6.43. The Bertz CT molecular complexity index is 582. The standard InChI is InChI=1S/C15H17Cl2N3O2/c16-12-7-5-6-11(13(12)17)10-18-19-14(21)15(22)20-8-3-1-2-4-9-20/h5-7,10H,1-4,8-9H2,(H,19,21)/b18-10-. The first-order valence-corrected chi connectivity index (χ1v) is 7.91.